The summed E-state index contributed by atoms with van der Waals surface area (Å²) in [6, 6.07) is 12.9. The number of hydrogen-bond donors (Lipinski definition) is 3. The first-order valence-corrected chi connectivity index (χ1v) is 12.9. The van der Waals surface area contributed by atoms with E-state index in [2.05, 4.69) is 11.9 Å². The minimum atomic E-state index is -2.63. The van der Waals surface area contributed by atoms with Crippen LogP contribution in [0.1, 0.15) is 75.4 Å². The second-order valence-corrected chi connectivity index (χ2v) is 11.3. The van der Waals surface area contributed by atoms with Crippen LogP contribution in [0.25, 0.3) is 16.8 Å². The zero-order chi connectivity index (χ0) is 28.2. The smallest absolute Gasteiger partial charge is 0.309 e. The number of carbonyl (C=O) groups is 1. The van der Waals surface area contributed by atoms with E-state index in [1.807, 2.05) is 22.7 Å². The molecule has 204 valence electrons. The summed E-state index contributed by atoms with van der Waals surface area (Å²) in [7, 11) is 0. The van der Waals surface area contributed by atoms with Crippen molar-refractivity contribution in [3.63, 3.8) is 0 Å². The summed E-state index contributed by atoms with van der Waals surface area (Å²) in [6.07, 6.45) is 3.23. The SMILES string of the molecule is CC1(C(=O)O)CCC(C)(c2nc(-c3ccc([C@@](C)(O)c4cccc(C(F)F)c4)cc3)c3c(N)nccn23)CC1. The summed E-state index contributed by atoms with van der Waals surface area (Å²) >= 11 is 0. The number of halogens is 2. The standard InChI is InChI=1S/C30H32F2N4O3/c1-28(11-13-29(2,14-12-28)27(37)38)26-35-22(23-25(33)34-15-16-36(23)26)18-7-9-20(10-8-18)30(3,39)21-6-4-5-19(17-21)24(31)32/h4-10,15-17,24,39H,11-14H2,1-3H3,(H2,33,34)(H,37,38)/t28?,29?,30-/m1/s1. The van der Waals surface area contributed by atoms with Crippen LogP contribution in [0.15, 0.2) is 60.9 Å². The Balaban J connectivity index is 1.53. The Morgan fingerprint density at radius 3 is 2.36 bits per heavy atom. The van der Waals surface area contributed by atoms with Crippen LogP contribution in [-0.4, -0.2) is 30.6 Å². The van der Waals surface area contributed by atoms with Gasteiger partial charge in [-0.3, -0.25) is 9.20 Å². The Morgan fingerprint density at radius 1 is 1.08 bits per heavy atom. The van der Waals surface area contributed by atoms with Gasteiger partial charge in [0.2, 0.25) is 0 Å². The fraction of sp³-hybridized carbons (Fsp3) is 0.367. The van der Waals surface area contributed by atoms with E-state index in [0.29, 0.717) is 53.8 Å². The molecular formula is C30H32F2N4O3. The van der Waals surface area contributed by atoms with Gasteiger partial charge in [-0.25, -0.2) is 18.7 Å². The Kier molecular flexibility index (Phi) is 6.45. The Labute approximate surface area is 225 Å². The lowest BCUT2D eigenvalue weighted by molar-refractivity contribution is -0.150. The van der Waals surface area contributed by atoms with E-state index in [1.165, 1.54) is 18.2 Å². The number of aliphatic hydroxyl groups is 1. The fourth-order valence-corrected chi connectivity index (χ4v) is 5.58. The molecule has 1 fully saturated rings. The molecule has 0 aliphatic heterocycles. The zero-order valence-electron chi connectivity index (χ0n) is 22.2. The Hall–Kier alpha value is -3.85. The topological polar surface area (TPSA) is 114 Å². The van der Waals surface area contributed by atoms with E-state index in [0.717, 1.165) is 11.4 Å². The third-order valence-corrected chi connectivity index (χ3v) is 8.52. The minimum absolute atomic E-state index is 0.149. The molecule has 0 spiro atoms. The van der Waals surface area contributed by atoms with Crippen LogP contribution in [0.2, 0.25) is 0 Å². The van der Waals surface area contributed by atoms with Gasteiger partial charge in [-0.05, 0) is 56.7 Å². The normalized spacial score (nSPS) is 23.2. The number of benzene rings is 2. The lowest BCUT2D eigenvalue weighted by atomic mass is 9.65. The molecule has 1 saturated carbocycles. The van der Waals surface area contributed by atoms with Crippen molar-refractivity contribution in [2.24, 2.45) is 5.41 Å². The molecule has 4 N–H and O–H groups in total. The van der Waals surface area contributed by atoms with Gasteiger partial charge >= 0.3 is 5.97 Å². The van der Waals surface area contributed by atoms with Crippen molar-refractivity contribution in [2.45, 2.75) is 63.9 Å². The predicted molar refractivity (Wildman–Crippen MR) is 144 cm³/mol. The number of nitrogen functional groups attached to an aromatic ring is 1. The highest BCUT2D eigenvalue weighted by Crippen LogP contribution is 2.47. The lowest BCUT2D eigenvalue weighted by Gasteiger charge is -2.40. The quantitative estimate of drug-likeness (QED) is 0.276. The molecule has 2 aromatic carbocycles. The zero-order valence-corrected chi connectivity index (χ0v) is 22.2. The Bertz CT molecular complexity index is 1540. The van der Waals surface area contributed by atoms with Gasteiger partial charge in [0.25, 0.3) is 6.43 Å². The molecule has 7 nitrogen and oxygen atoms in total. The number of imidazole rings is 1. The van der Waals surface area contributed by atoms with Crippen molar-refractivity contribution in [3.05, 3.63) is 83.4 Å². The molecule has 5 rings (SSSR count). The largest absolute Gasteiger partial charge is 0.481 e. The maximum Gasteiger partial charge on any atom is 0.309 e. The molecule has 2 aromatic heterocycles. The van der Waals surface area contributed by atoms with Crippen LogP contribution < -0.4 is 5.73 Å². The molecule has 0 amide bonds. The van der Waals surface area contributed by atoms with Crippen LogP contribution in [0.5, 0.6) is 0 Å². The molecule has 2 heterocycles. The van der Waals surface area contributed by atoms with E-state index in [1.54, 1.807) is 38.2 Å². The van der Waals surface area contributed by atoms with E-state index < -0.39 is 23.4 Å². The van der Waals surface area contributed by atoms with Crippen LogP contribution in [0.4, 0.5) is 14.6 Å². The highest BCUT2D eigenvalue weighted by Gasteiger charge is 2.45. The number of hydrogen-bond acceptors (Lipinski definition) is 5. The van der Waals surface area contributed by atoms with Crippen molar-refractivity contribution >= 4 is 17.3 Å². The highest BCUT2D eigenvalue weighted by atomic mass is 19.3. The first-order chi connectivity index (χ1) is 18.4. The second kappa shape index (κ2) is 9.41. The molecule has 39 heavy (non-hydrogen) atoms. The van der Waals surface area contributed by atoms with E-state index in [-0.39, 0.29) is 11.0 Å². The number of nitrogens with zero attached hydrogens (tertiary/aromatic N) is 3. The average molecular weight is 535 g/mol. The summed E-state index contributed by atoms with van der Waals surface area (Å²) in [6.45, 7) is 5.48. The molecular weight excluding hydrogens is 502 g/mol. The molecule has 1 atom stereocenters. The summed E-state index contributed by atoms with van der Waals surface area (Å²) in [5, 5.41) is 21.0. The molecule has 1 aliphatic rings. The van der Waals surface area contributed by atoms with Gasteiger partial charge in [0.1, 0.15) is 28.5 Å². The first kappa shape index (κ1) is 26.7. The van der Waals surface area contributed by atoms with Gasteiger partial charge in [-0.1, -0.05) is 49.4 Å². The van der Waals surface area contributed by atoms with Crippen molar-refractivity contribution < 1.29 is 23.8 Å². The highest BCUT2D eigenvalue weighted by molar-refractivity contribution is 5.85. The maximum absolute atomic E-state index is 13.2. The first-order valence-electron chi connectivity index (χ1n) is 12.9. The number of rotatable bonds is 6. The van der Waals surface area contributed by atoms with Crippen LogP contribution >= 0.6 is 0 Å². The number of carboxylic acid groups (broad SMARTS) is 1. The molecule has 0 radical (unpaired) electrons. The number of fused-ring (bicyclic) bond motifs is 1. The van der Waals surface area contributed by atoms with E-state index in [4.69, 9.17) is 10.7 Å². The van der Waals surface area contributed by atoms with Crippen molar-refractivity contribution in [1.29, 1.82) is 0 Å². The third kappa shape index (κ3) is 4.54. The van der Waals surface area contributed by atoms with Crippen LogP contribution in [0.3, 0.4) is 0 Å². The van der Waals surface area contributed by atoms with E-state index >= 15 is 0 Å². The Morgan fingerprint density at radius 2 is 1.74 bits per heavy atom. The number of nitrogens with two attached hydrogens (primary N) is 1. The van der Waals surface area contributed by atoms with Gasteiger partial charge in [0, 0.05) is 28.9 Å². The van der Waals surface area contributed by atoms with Crippen LogP contribution in [-0.2, 0) is 15.8 Å². The number of carboxylic acids is 1. The van der Waals surface area contributed by atoms with Gasteiger partial charge in [0.15, 0.2) is 0 Å². The van der Waals surface area contributed by atoms with E-state index in [9.17, 15) is 23.8 Å². The predicted octanol–water partition coefficient (Wildman–Crippen LogP) is 6.09. The molecule has 1 aliphatic carbocycles. The maximum atomic E-state index is 13.2. The summed E-state index contributed by atoms with van der Waals surface area (Å²) in [5.74, 6) is 0.346. The number of aliphatic carboxylic acids is 1. The summed E-state index contributed by atoms with van der Waals surface area (Å²) in [4.78, 5) is 21.1. The number of anilines is 1. The van der Waals surface area contributed by atoms with Crippen LogP contribution in [0, 0.1) is 5.41 Å². The van der Waals surface area contributed by atoms with Crippen molar-refractivity contribution in [2.75, 3.05) is 5.73 Å². The number of alkyl halides is 2. The lowest BCUT2D eigenvalue weighted by Crippen LogP contribution is -2.39. The van der Waals surface area contributed by atoms with Gasteiger partial charge in [-0.2, -0.15) is 0 Å². The minimum Gasteiger partial charge on any atom is -0.481 e. The summed E-state index contributed by atoms with van der Waals surface area (Å²) in [5.41, 5.74) is 6.54. The fourth-order valence-electron chi connectivity index (χ4n) is 5.58. The molecule has 4 aromatic rings. The molecule has 9 heteroatoms. The summed E-state index contributed by atoms with van der Waals surface area (Å²) < 4.78 is 28.4. The third-order valence-electron chi connectivity index (χ3n) is 8.52. The monoisotopic (exact) mass is 534 g/mol. The molecule has 0 bridgehead atoms. The average Bonchev–Trinajstić information content (AvgIpc) is 3.32. The molecule has 0 saturated heterocycles. The molecule has 0 unspecified atom stereocenters. The second-order valence-electron chi connectivity index (χ2n) is 11.3. The van der Waals surface area contributed by atoms with Gasteiger partial charge in [0.05, 0.1) is 5.41 Å². The van der Waals surface area contributed by atoms with Crippen molar-refractivity contribution in [3.8, 4) is 11.3 Å². The van der Waals surface area contributed by atoms with Gasteiger partial charge in [-0.15, -0.1) is 0 Å². The number of aromatic nitrogens is 3. The van der Waals surface area contributed by atoms with Crippen molar-refractivity contribution in [1.82, 2.24) is 14.4 Å². The van der Waals surface area contributed by atoms with Gasteiger partial charge < -0.3 is 15.9 Å².